The van der Waals surface area contributed by atoms with Crippen molar-refractivity contribution >= 4 is 29.1 Å². The summed E-state index contributed by atoms with van der Waals surface area (Å²) in [4.78, 5) is 38.8. The van der Waals surface area contributed by atoms with E-state index in [1.54, 1.807) is 60.5 Å². The van der Waals surface area contributed by atoms with Crippen molar-refractivity contribution in [1.82, 2.24) is 10.2 Å². The van der Waals surface area contributed by atoms with E-state index in [2.05, 4.69) is 16.0 Å². The molecule has 8 nitrogen and oxygen atoms in total. The predicted octanol–water partition coefficient (Wildman–Crippen LogP) is 2.99. The number of carbonyl (C=O) groups is 3. The molecule has 0 spiro atoms. The molecule has 0 atom stereocenters. The fraction of sp³-hybridized carbons (Fsp3) is 0.375. The Morgan fingerprint density at radius 2 is 1.59 bits per heavy atom. The van der Waals surface area contributed by atoms with E-state index in [-0.39, 0.29) is 24.3 Å². The Balaban J connectivity index is 1.90. The van der Waals surface area contributed by atoms with Gasteiger partial charge < -0.3 is 25.6 Å². The van der Waals surface area contributed by atoms with Crippen molar-refractivity contribution in [2.45, 2.75) is 20.3 Å². The van der Waals surface area contributed by atoms with Crippen LogP contribution in [0.25, 0.3) is 0 Å². The lowest BCUT2D eigenvalue weighted by Crippen LogP contribution is -2.30. The van der Waals surface area contributed by atoms with Crippen LogP contribution in [0.3, 0.4) is 0 Å². The van der Waals surface area contributed by atoms with Crippen molar-refractivity contribution in [3.8, 4) is 0 Å². The van der Waals surface area contributed by atoms with Gasteiger partial charge >= 0.3 is 0 Å². The number of hydrogen-bond donors (Lipinski definition) is 3. The van der Waals surface area contributed by atoms with E-state index in [0.29, 0.717) is 48.7 Å². The van der Waals surface area contributed by atoms with Gasteiger partial charge in [-0.05, 0) is 56.7 Å². The first-order chi connectivity index (χ1) is 15.5. The van der Waals surface area contributed by atoms with Gasteiger partial charge in [0.2, 0.25) is 5.91 Å². The third-order valence-electron chi connectivity index (χ3n) is 4.83. The summed E-state index contributed by atoms with van der Waals surface area (Å²) in [6.45, 7) is 6.27. The second-order valence-corrected chi connectivity index (χ2v) is 7.14. The summed E-state index contributed by atoms with van der Waals surface area (Å²) >= 11 is 0. The summed E-state index contributed by atoms with van der Waals surface area (Å²) in [5, 5.41) is 8.64. The molecule has 3 N–H and O–H groups in total. The van der Waals surface area contributed by atoms with Gasteiger partial charge in [-0.1, -0.05) is 12.1 Å². The van der Waals surface area contributed by atoms with Gasteiger partial charge in [0.25, 0.3) is 11.8 Å². The molecule has 2 aromatic carbocycles. The number of anilines is 2. The van der Waals surface area contributed by atoms with E-state index in [1.165, 1.54) is 0 Å². The first-order valence-corrected chi connectivity index (χ1v) is 10.8. The maximum absolute atomic E-state index is 12.5. The van der Waals surface area contributed by atoms with Crippen LogP contribution < -0.4 is 16.0 Å². The predicted molar refractivity (Wildman–Crippen MR) is 126 cm³/mol. The molecule has 0 aliphatic carbocycles. The Morgan fingerprint density at radius 3 is 2.28 bits per heavy atom. The molecule has 2 rings (SSSR count). The Labute approximate surface area is 189 Å². The summed E-state index contributed by atoms with van der Waals surface area (Å²) in [6.07, 6.45) is 0.728. The topological polar surface area (TPSA) is 99.8 Å². The van der Waals surface area contributed by atoms with Crippen LogP contribution in [-0.2, 0) is 9.53 Å². The molecule has 2 aromatic rings. The summed E-state index contributed by atoms with van der Waals surface area (Å²) in [7, 11) is 1.62. The van der Waals surface area contributed by atoms with Crippen LogP contribution in [0.5, 0.6) is 0 Å². The molecule has 0 unspecified atom stereocenters. The first-order valence-electron chi connectivity index (χ1n) is 10.8. The molecule has 0 radical (unpaired) electrons. The Hall–Kier alpha value is -3.39. The molecule has 0 aliphatic rings. The number of nitrogens with one attached hydrogen (secondary N) is 3. The molecule has 0 saturated carbocycles. The average molecular weight is 441 g/mol. The lowest BCUT2D eigenvalue weighted by molar-refractivity contribution is -0.114. The smallest absolute Gasteiger partial charge is 0.253 e. The molecule has 32 heavy (non-hydrogen) atoms. The highest BCUT2D eigenvalue weighted by molar-refractivity contribution is 5.98. The van der Waals surface area contributed by atoms with Gasteiger partial charge in [0.1, 0.15) is 0 Å². The number of rotatable bonds is 12. The van der Waals surface area contributed by atoms with Gasteiger partial charge in [0.05, 0.1) is 6.54 Å². The minimum Gasteiger partial charge on any atom is -0.385 e. The van der Waals surface area contributed by atoms with E-state index < -0.39 is 0 Å². The standard InChI is InChI=1S/C24H32N4O4/c1-4-28(5-2)24(31)19-10-7-11-20(16-19)26-17-22(29)27-21-12-6-9-18(15-21)23(30)25-13-8-14-32-3/h6-7,9-12,15-16,26H,4-5,8,13-14,17H2,1-3H3,(H,25,30)(H,27,29). The molecule has 0 heterocycles. The molecular formula is C24H32N4O4. The fourth-order valence-corrected chi connectivity index (χ4v) is 3.10. The van der Waals surface area contributed by atoms with Crippen LogP contribution in [-0.4, -0.2) is 62.5 Å². The zero-order valence-corrected chi connectivity index (χ0v) is 18.9. The summed E-state index contributed by atoms with van der Waals surface area (Å²) in [5.74, 6) is -0.506. The van der Waals surface area contributed by atoms with Crippen molar-refractivity contribution in [2.75, 3.05) is 50.5 Å². The largest absolute Gasteiger partial charge is 0.385 e. The van der Waals surface area contributed by atoms with Crippen LogP contribution in [0.15, 0.2) is 48.5 Å². The Kier molecular flexibility index (Phi) is 10.2. The van der Waals surface area contributed by atoms with Crippen molar-refractivity contribution < 1.29 is 19.1 Å². The second-order valence-electron chi connectivity index (χ2n) is 7.14. The maximum Gasteiger partial charge on any atom is 0.253 e. The average Bonchev–Trinajstić information content (AvgIpc) is 2.81. The van der Waals surface area contributed by atoms with Gasteiger partial charge in [0.15, 0.2) is 0 Å². The highest BCUT2D eigenvalue weighted by atomic mass is 16.5. The SMILES string of the molecule is CCN(CC)C(=O)c1cccc(NCC(=O)Nc2cccc(C(=O)NCCCOC)c2)c1. The number of methoxy groups -OCH3 is 1. The highest BCUT2D eigenvalue weighted by Gasteiger charge is 2.13. The van der Waals surface area contributed by atoms with E-state index in [1.807, 2.05) is 13.8 Å². The third-order valence-corrected chi connectivity index (χ3v) is 4.83. The summed E-state index contributed by atoms with van der Waals surface area (Å²) in [6, 6.07) is 13.9. The highest BCUT2D eigenvalue weighted by Crippen LogP contribution is 2.14. The lowest BCUT2D eigenvalue weighted by atomic mass is 10.1. The van der Waals surface area contributed by atoms with Crippen molar-refractivity contribution in [3.63, 3.8) is 0 Å². The summed E-state index contributed by atoms with van der Waals surface area (Å²) < 4.78 is 4.96. The van der Waals surface area contributed by atoms with Gasteiger partial charge in [-0.25, -0.2) is 0 Å². The number of carbonyl (C=O) groups excluding carboxylic acids is 3. The van der Waals surface area contributed by atoms with E-state index in [4.69, 9.17) is 4.74 Å². The quantitative estimate of drug-likeness (QED) is 0.441. The van der Waals surface area contributed by atoms with Crippen LogP contribution in [0.2, 0.25) is 0 Å². The summed E-state index contributed by atoms with van der Waals surface area (Å²) in [5.41, 5.74) is 2.26. The van der Waals surface area contributed by atoms with Crippen molar-refractivity contribution in [2.24, 2.45) is 0 Å². The van der Waals surface area contributed by atoms with Crippen molar-refractivity contribution in [3.05, 3.63) is 59.7 Å². The van der Waals surface area contributed by atoms with Crippen LogP contribution in [0.4, 0.5) is 11.4 Å². The molecule has 0 bridgehead atoms. The fourth-order valence-electron chi connectivity index (χ4n) is 3.10. The van der Waals surface area contributed by atoms with E-state index >= 15 is 0 Å². The third kappa shape index (κ3) is 7.70. The van der Waals surface area contributed by atoms with Crippen LogP contribution in [0.1, 0.15) is 41.0 Å². The monoisotopic (exact) mass is 440 g/mol. The molecule has 0 fully saturated rings. The van der Waals surface area contributed by atoms with Crippen molar-refractivity contribution in [1.29, 1.82) is 0 Å². The number of amides is 3. The van der Waals surface area contributed by atoms with Crippen LogP contribution in [0, 0.1) is 0 Å². The lowest BCUT2D eigenvalue weighted by Gasteiger charge is -2.19. The normalized spacial score (nSPS) is 10.3. The Morgan fingerprint density at radius 1 is 0.938 bits per heavy atom. The Bertz CT molecular complexity index is 912. The van der Waals surface area contributed by atoms with Gasteiger partial charge in [-0.2, -0.15) is 0 Å². The maximum atomic E-state index is 12.5. The number of benzene rings is 2. The second kappa shape index (κ2) is 13.1. The number of ether oxygens (including phenoxy) is 1. The molecule has 172 valence electrons. The van der Waals surface area contributed by atoms with Gasteiger partial charge in [0, 0.05) is 55.9 Å². The molecular weight excluding hydrogens is 408 g/mol. The zero-order valence-electron chi connectivity index (χ0n) is 18.9. The minimum absolute atomic E-state index is 0.0242. The van der Waals surface area contributed by atoms with Gasteiger partial charge in [-0.15, -0.1) is 0 Å². The minimum atomic E-state index is -0.261. The molecule has 0 aromatic heterocycles. The van der Waals surface area contributed by atoms with Crippen LogP contribution >= 0.6 is 0 Å². The van der Waals surface area contributed by atoms with Gasteiger partial charge in [-0.3, -0.25) is 14.4 Å². The molecule has 8 heteroatoms. The van der Waals surface area contributed by atoms with E-state index in [0.717, 1.165) is 6.42 Å². The zero-order chi connectivity index (χ0) is 23.3. The molecule has 3 amide bonds. The first kappa shape index (κ1) is 24.9. The number of hydrogen-bond acceptors (Lipinski definition) is 5. The molecule has 0 aliphatic heterocycles. The number of nitrogens with zero attached hydrogens (tertiary/aromatic N) is 1. The molecule has 0 saturated heterocycles. The van der Waals surface area contributed by atoms with E-state index in [9.17, 15) is 14.4 Å².